The van der Waals surface area contributed by atoms with E-state index in [1.165, 1.54) is 0 Å². The molecule has 0 saturated heterocycles. The molecule has 24 heavy (non-hydrogen) atoms. The Morgan fingerprint density at radius 1 is 1.25 bits per heavy atom. The molecular formula is C19H18ClNO3. The molecule has 5 heteroatoms. The van der Waals surface area contributed by atoms with Crippen molar-refractivity contribution in [3.8, 4) is 5.75 Å². The Labute approximate surface area is 145 Å². The van der Waals surface area contributed by atoms with Crippen LogP contribution in [0, 0.1) is 0 Å². The summed E-state index contributed by atoms with van der Waals surface area (Å²) < 4.78 is 5.94. The fourth-order valence-electron chi connectivity index (χ4n) is 3.58. The van der Waals surface area contributed by atoms with E-state index in [2.05, 4.69) is 0 Å². The standard InChI is InChI=1S/C19H18ClNO3/c1-19(2)17(22)16(14-9-12(20)7-8-15(14)24-19)21-10-11-5-3-4-6-13(11)18(21)23/h3-9,16-17,22H,10H2,1-2H3/t16-,17+/m1/s1. The van der Waals surface area contributed by atoms with Crippen LogP contribution in [0.2, 0.25) is 5.02 Å². The highest BCUT2D eigenvalue weighted by molar-refractivity contribution is 6.30. The molecule has 0 bridgehead atoms. The smallest absolute Gasteiger partial charge is 0.255 e. The second-order valence-corrected chi connectivity index (χ2v) is 7.30. The highest BCUT2D eigenvalue weighted by atomic mass is 35.5. The lowest BCUT2D eigenvalue weighted by molar-refractivity contribution is -0.0867. The fourth-order valence-corrected chi connectivity index (χ4v) is 3.76. The molecule has 1 amide bonds. The maximum atomic E-state index is 12.9. The Kier molecular flexibility index (Phi) is 3.37. The molecule has 2 aliphatic heterocycles. The maximum absolute atomic E-state index is 12.9. The Morgan fingerprint density at radius 2 is 2.00 bits per heavy atom. The number of benzene rings is 2. The quantitative estimate of drug-likeness (QED) is 0.861. The molecule has 0 spiro atoms. The summed E-state index contributed by atoms with van der Waals surface area (Å²) in [5.41, 5.74) is 1.61. The molecule has 2 atom stereocenters. The molecule has 2 aromatic rings. The Hall–Kier alpha value is -2.04. The molecule has 0 radical (unpaired) electrons. The summed E-state index contributed by atoms with van der Waals surface area (Å²) in [4.78, 5) is 14.6. The van der Waals surface area contributed by atoms with Crippen LogP contribution in [0.1, 0.15) is 41.4 Å². The third kappa shape index (κ3) is 2.21. The van der Waals surface area contributed by atoms with Crippen molar-refractivity contribution in [3.63, 3.8) is 0 Å². The second-order valence-electron chi connectivity index (χ2n) is 6.87. The first-order valence-electron chi connectivity index (χ1n) is 7.94. The third-order valence-electron chi connectivity index (χ3n) is 4.86. The number of halogens is 1. The molecular weight excluding hydrogens is 326 g/mol. The van der Waals surface area contributed by atoms with Gasteiger partial charge in [-0.3, -0.25) is 4.79 Å². The van der Waals surface area contributed by atoms with Gasteiger partial charge in [-0.05, 0) is 43.7 Å². The topological polar surface area (TPSA) is 49.8 Å². The van der Waals surface area contributed by atoms with Crippen LogP contribution in [0.25, 0.3) is 0 Å². The summed E-state index contributed by atoms with van der Waals surface area (Å²) in [5.74, 6) is 0.585. The van der Waals surface area contributed by atoms with Crippen LogP contribution in [-0.4, -0.2) is 27.6 Å². The van der Waals surface area contributed by atoms with Gasteiger partial charge in [0.2, 0.25) is 0 Å². The first kappa shape index (κ1) is 15.5. The minimum absolute atomic E-state index is 0.0710. The van der Waals surface area contributed by atoms with Gasteiger partial charge in [0.1, 0.15) is 17.5 Å². The van der Waals surface area contributed by atoms with Crippen molar-refractivity contribution < 1.29 is 14.6 Å². The van der Waals surface area contributed by atoms with E-state index in [1.54, 1.807) is 23.1 Å². The van der Waals surface area contributed by atoms with Crippen LogP contribution in [0.3, 0.4) is 0 Å². The highest BCUT2D eigenvalue weighted by Gasteiger charge is 2.48. The zero-order chi connectivity index (χ0) is 17.1. The molecule has 1 N–H and O–H groups in total. The molecule has 0 aromatic heterocycles. The van der Waals surface area contributed by atoms with Crippen LogP contribution in [0.15, 0.2) is 42.5 Å². The number of hydrogen-bond acceptors (Lipinski definition) is 3. The highest BCUT2D eigenvalue weighted by Crippen LogP contribution is 2.46. The average Bonchev–Trinajstić information content (AvgIpc) is 2.86. The number of aliphatic hydroxyl groups is 1. The normalized spacial score (nSPS) is 24.3. The molecule has 2 heterocycles. The largest absolute Gasteiger partial charge is 0.485 e. The van der Waals surface area contributed by atoms with E-state index in [0.29, 0.717) is 22.9 Å². The Balaban J connectivity index is 1.83. The van der Waals surface area contributed by atoms with Crippen molar-refractivity contribution in [2.24, 2.45) is 0 Å². The van der Waals surface area contributed by atoms with Crippen LogP contribution < -0.4 is 4.74 Å². The minimum atomic E-state index is -0.860. The van der Waals surface area contributed by atoms with Gasteiger partial charge in [0, 0.05) is 22.7 Å². The van der Waals surface area contributed by atoms with Crippen molar-refractivity contribution in [2.45, 2.75) is 38.1 Å². The Morgan fingerprint density at radius 3 is 2.75 bits per heavy atom. The predicted molar refractivity (Wildman–Crippen MR) is 91.2 cm³/mol. The lowest BCUT2D eigenvalue weighted by atomic mass is 9.85. The van der Waals surface area contributed by atoms with Gasteiger partial charge < -0.3 is 14.7 Å². The van der Waals surface area contributed by atoms with Crippen LogP contribution in [0.5, 0.6) is 5.75 Å². The molecule has 0 fully saturated rings. The predicted octanol–water partition coefficient (Wildman–Crippen LogP) is 3.57. The number of nitrogens with zero attached hydrogens (tertiary/aromatic N) is 1. The van der Waals surface area contributed by atoms with E-state index >= 15 is 0 Å². The van der Waals surface area contributed by atoms with Gasteiger partial charge in [0.15, 0.2) is 0 Å². The van der Waals surface area contributed by atoms with Gasteiger partial charge in [-0.1, -0.05) is 29.8 Å². The van der Waals surface area contributed by atoms with E-state index in [-0.39, 0.29) is 5.91 Å². The molecule has 4 rings (SSSR count). The number of hydrogen-bond donors (Lipinski definition) is 1. The maximum Gasteiger partial charge on any atom is 0.255 e. The summed E-state index contributed by atoms with van der Waals surface area (Å²) in [6.07, 6.45) is -0.860. The van der Waals surface area contributed by atoms with Crippen molar-refractivity contribution in [3.05, 3.63) is 64.2 Å². The van der Waals surface area contributed by atoms with Gasteiger partial charge in [-0.15, -0.1) is 0 Å². The third-order valence-corrected chi connectivity index (χ3v) is 5.10. The van der Waals surface area contributed by atoms with Crippen molar-refractivity contribution >= 4 is 17.5 Å². The SMILES string of the molecule is CC1(C)Oc2ccc(Cl)cc2[C@@H](N2Cc3ccccc3C2=O)[C@@H]1O. The van der Waals surface area contributed by atoms with E-state index < -0.39 is 17.7 Å². The summed E-state index contributed by atoms with van der Waals surface area (Å²) >= 11 is 6.15. The minimum Gasteiger partial charge on any atom is -0.485 e. The zero-order valence-electron chi connectivity index (χ0n) is 13.5. The van der Waals surface area contributed by atoms with E-state index in [0.717, 1.165) is 11.1 Å². The van der Waals surface area contributed by atoms with Crippen molar-refractivity contribution in [1.82, 2.24) is 4.90 Å². The number of fused-ring (bicyclic) bond motifs is 2. The summed E-state index contributed by atoms with van der Waals surface area (Å²) in [5, 5.41) is 11.5. The zero-order valence-corrected chi connectivity index (χ0v) is 14.2. The molecule has 124 valence electrons. The lowest BCUT2D eigenvalue weighted by Crippen LogP contribution is -2.53. The molecule has 2 aromatic carbocycles. The summed E-state index contributed by atoms with van der Waals surface area (Å²) in [6.45, 7) is 4.13. The number of carbonyl (C=O) groups is 1. The molecule has 2 aliphatic rings. The average molecular weight is 344 g/mol. The molecule has 0 unspecified atom stereocenters. The fraction of sp³-hybridized carbons (Fsp3) is 0.316. The van der Waals surface area contributed by atoms with Crippen LogP contribution >= 0.6 is 11.6 Å². The molecule has 0 saturated carbocycles. The Bertz CT molecular complexity index is 833. The molecule has 0 aliphatic carbocycles. The van der Waals surface area contributed by atoms with Crippen LogP contribution in [-0.2, 0) is 6.54 Å². The lowest BCUT2D eigenvalue weighted by Gasteiger charge is -2.45. The van der Waals surface area contributed by atoms with Gasteiger partial charge >= 0.3 is 0 Å². The van der Waals surface area contributed by atoms with Crippen molar-refractivity contribution in [2.75, 3.05) is 0 Å². The van der Waals surface area contributed by atoms with Gasteiger partial charge in [0.05, 0.1) is 6.04 Å². The van der Waals surface area contributed by atoms with Crippen molar-refractivity contribution in [1.29, 1.82) is 0 Å². The first-order chi connectivity index (χ1) is 11.4. The number of amides is 1. The van der Waals surface area contributed by atoms with E-state index in [1.807, 2.05) is 38.1 Å². The number of rotatable bonds is 1. The number of aliphatic hydroxyl groups excluding tert-OH is 1. The van der Waals surface area contributed by atoms with Gasteiger partial charge in [-0.25, -0.2) is 0 Å². The van der Waals surface area contributed by atoms with Crippen LogP contribution in [0.4, 0.5) is 0 Å². The van der Waals surface area contributed by atoms with Gasteiger partial charge in [-0.2, -0.15) is 0 Å². The van der Waals surface area contributed by atoms with Gasteiger partial charge in [0.25, 0.3) is 5.91 Å². The second kappa shape index (κ2) is 5.23. The van der Waals surface area contributed by atoms with E-state index in [9.17, 15) is 9.90 Å². The number of ether oxygens (including phenoxy) is 1. The van der Waals surface area contributed by atoms with E-state index in [4.69, 9.17) is 16.3 Å². The number of carbonyl (C=O) groups excluding carboxylic acids is 1. The first-order valence-corrected chi connectivity index (χ1v) is 8.32. The monoisotopic (exact) mass is 343 g/mol. The summed E-state index contributed by atoms with van der Waals surface area (Å²) in [6, 6.07) is 12.4. The molecule has 4 nitrogen and oxygen atoms in total. The summed E-state index contributed by atoms with van der Waals surface area (Å²) in [7, 11) is 0.